The minimum atomic E-state index is -4.44. The summed E-state index contributed by atoms with van der Waals surface area (Å²) < 4.78 is 37.2. The van der Waals surface area contributed by atoms with E-state index in [0.717, 1.165) is 24.2 Å². The average molecular weight is 320 g/mol. The van der Waals surface area contributed by atoms with Crippen LogP contribution in [0.25, 0.3) is 0 Å². The Bertz CT molecular complexity index is 634. The summed E-state index contributed by atoms with van der Waals surface area (Å²) >= 11 is 6.64. The van der Waals surface area contributed by atoms with E-state index in [4.69, 9.17) is 11.6 Å². The zero-order chi connectivity index (χ0) is 14.8. The van der Waals surface area contributed by atoms with Crippen LogP contribution in [0.1, 0.15) is 15.9 Å². The minimum absolute atomic E-state index is 0.0237. The van der Waals surface area contributed by atoms with Gasteiger partial charge in [-0.25, -0.2) is 15.0 Å². The van der Waals surface area contributed by atoms with Gasteiger partial charge < -0.3 is 0 Å². The molecule has 0 radical (unpaired) electrons. The number of aromatic nitrogens is 3. The number of nitrogens with zero attached hydrogens (tertiary/aromatic N) is 3. The third-order valence-electron chi connectivity index (χ3n) is 2.18. The molecule has 0 bridgehead atoms. The predicted molar refractivity (Wildman–Crippen MR) is 65.8 cm³/mol. The van der Waals surface area contributed by atoms with Crippen molar-refractivity contribution in [2.45, 2.75) is 16.2 Å². The molecule has 2 rings (SSSR count). The summed E-state index contributed by atoms with van der Waals surface area (Å²) in [5.41, 5.74) is -0.779. The highest BCUT2D eigenvalue weighted by molar-refractivity contribution is 7.99. The van der Waals surface area contributed by atoms with Crippen molar-refractivity contribution >= 4 is 29.6 Å². The molecule has 0 aliphatic rings. The SMILES string of the molecule is O=Cc1c(Cl)ncnc1Sc1ccc(C(F)(F)F)cn1. The van der Waals surface area contributed by atoms with E-state index in [0.29, 0.717) is 12.5 Å². The molecule has 0 saturated heterocycles. The summed E-state index contributed by atoms with van der Waals surface area (Å²) in [7, 11) is 0. The van der Waals surface area contributed by atoms with Crippen LogP contribution >= 0.6 is 23.4 Å². The molecule has 20 heavy (non-hydrogen) atoms. The Morgan fingerprint density at radius 1 is 1.20 bits per heavy atom. The second-order valence-electron chi connectivity index (χ2n) is 3.49. The Morgan fingerprint density at radius 2 is 1.95 bits per heavy atom. The van der Waals surface area contributed by atoms with Crippen molar-refractivity contribution in [2.75, 3.05) is 0 Å². The first-order valence-corrected chi connectivity index (χ1v) is 6.28. The van der Waals surface area contributed by atoms with Crippen LogP contribution in [0.4, 0.5) is 13.2 Å². The summed E-state index contributed by atoms with van der Waals surface area (Å²) in [5.74, 6) is 0. The van der Waals surface area contributed by atoms with Gasteiger partial charge in [0.15, 0.2) is 6.29 Å². The van der Waals surface area contributed by atoms with Crippen molar-refractivity contribution in [3.63, 3.8) is 0 Å². The molecule has 2 aromatic heterocycles. The van der Waals surface area contributed by atoms with E-state index >= 15 is 0 Å². The fourth-order valence-electron chi connectivity index (χ4n) is 1.25. The van der Waals surface area contributed by atoms with Gasteiger partial charge in [-0.2, -0.15) is 13.2 Å². The Morgan fingerprint density at radius 3 is 2.50 bits per heavy atom. The highest BCUT2D eigenvalue weighted by atomic mass is 35.5. The summed E-state index contributed by atoms with van der Waals surface area (Å²) in [4.78, 5) is 22.0. The first-order chi connectivity index (χ1) is 9.41. The van der Waals surface area contributed by atoms with Crippen LogP contribution in [0.3, 0.4) is 0 Å². The summed E-state index contributed by atoms with van der Waals surface area (Å²) in [5, 5.41) is 0.465. The lowest BCUT2D eigenvalue weighted by Gasteiger charge is -2.07. The number of pyridine rings is 1. The largest absolute Gasteiger partial charge is 0.417 e. The summed E-state index contributed by atoms with van der Waals surface area (Å²) in [6.45, 7) is 0. The number of hydrogen-bond acceptors (Lipinski definition) is 5. The lowest BCUT2D eigenvalue weighted by Crippen LogP contribution is -2.05. The lowest BCUT2D eigenvalue weighted by molar-refractivity contribution is -0.137. The molecule has 2 heterocycles. The first kappa shape index (κ1) is 14.7. The molecule has 0 atom stereocenters. The zero-order valence-corrected chi connectivity index (χ0v) is 11.1. The third kappa shape index (κ3) is 3.26. The third-order valence-corrected chi connectivity index (χ3v) is 3.45. The van der Waals surface area contributed by atoms with Gasteiger partial charge >= 0.3 is 6.18 Å². The van der Waals surface area contributed by atoms with Crippen LogP contribution in [0.15, 0.2) is 34.7 Å². The monoisotopic (exact) mass is 319 g/mol. The van der Waals surface area contributed by atoms with E-state index in [1.54, 1.807) is 0 Å². The summed E-state index contributed by atoms with van der Waals surface area (Å²) in [6.07, 6.45) is -2.09. The number of aldehydes is 1. The molecular weight excluding hydrogens is 315 g/mol. The first-order valence-electron chi connectivity index (χ1n) is 5.08. The maximum absolute atomic E-state index is 12.4. The number of carbonyl (C=O) groups excluding carboxylic acids is 1. The van der Waals surface area contributed by atoms with Crippen LogP contribution < -0.4 is 0 Å². The molecule has 4 nitrogen and oxygen atoms in total. The minimum Gasteiger partial charge on any atom is -0.298 e. The van der Waals surface area contributed by atoms with Gasteiger partial charge in [-0.1, -0.05) is 11.6 Å². The van der Waals surface area contributed by atoms with E-state index in [9.17, 15) is 18.0 Å². The quantitative estimate of drug-likeness (QED) is 0.640. The van der Waals surface area contributed by atoms with Gasteiger partial charge in [-0.3, -0.25) is 4.79 Å². The number of hydrogen-bond donors (Lipinski definition) is 0. The molecule has 0 aromatic carbocycles. The second-order valence-corrected chi connectivity index (χ2v) is 4.85. The smallest absolute Gasteiger partial charge is 0.298 e. The van der Waals surface area contributed by atoms with E-state index < -0.39 is 11.7 Å². The van der Waals surface area contributed by atoms with Gasteiger partial charge in [-0.15, -0.1) is 0 Å². The molecule has 0 saturated carbocycles. The van der Waals surface area contributed by atoms with E-state index in [-0.39, 0.29) is 20.8 Å². The second kappa shape index (κ2) is 5.76. The van der Waals surface area contributed by atoms with Crippen molar-refractivity contribution in [1.82, 2.24) is 15.0 Å². The molecule has 0 unspecified atom stereocenters. The topological polar surface area (TPSA) is 55.7 Å². The molecule has 0 aliphatic carbocycles. The van der Waals surface area contributed by atoms with E-state index in [2.05, 4.69) is 15.0 Å². The van der Waals surface area contributed by atoms with Crippen LogP contribution in [0.2, 0.25) is 5.15 Å². The standard InChI is InChI=1S/C11H5ClF3N3OS/c12-9-7(4-19)10(18-5-17-9)20-8-2-1-6(3-16-8)11(13,14)15/h1-5H. The molecular formula is C11H5ClF3N3OS. The van der Waals surface area contributed by atoms with Crippen LogP contribution in [-0.4, -0.2) is 21.2 Å². The molecule has 0 spiro atoms. The normalized spacial score (nSPS) is 11.4. The molecule has 104 valence electrons. The zero-order valence-electron chi connectivity index (χ0n) is 9.56. The molecule has 0 fully saturated rings. The Labute approximate surface area is 120 Å². The molecule has 0 aliphatic heterocycles. The Kier molecular flexibility index (Phi) is 4.24. The number of alkyl halides is 3. The van der Waals surface area contributed by atoms with Crippen molar-refractivity contribution in [2.24, 2.45) is 0 Å². The van der Waals surface area contributed by atoms with E-state index in [1.807, 2.05) is 0 Å². The molecule has 9 heteroatoms. The summed E-state index contributed by atoms with van der Waals surface area (Å²) in [6, 6.07) is 2.09. The Balaban J connectivity index is 2.27. The highest BCUT2D eigenvalue weighted by Gasteiger charge is 2.30. The van der Waals surface area contributed by atoms with Crippen LogP contribution in [0.5, 0.6) is 0 Å². The van der Waals surface area contributed by atoms with Gasteiger partial charge in [0.1, 0.15) is 21.5 Å². The number of carbonyl (C=O) groups is 1. The maximum Gasteiger partial charge on any atom is 0.417 e. The van der Waals surface area contributed by atoms with E-state index in [1.165, 1.54) is 6.07 Å². The molecule has 0 amide bonds. The van der Waals surface area contributed by atoms with Crippen LogP contribution in [-0.2, 0) is 6.18 Å². The van der Waals surface area contributed by atoms with Gasteiger partial charge in [0.05, 0.1) is 11.1 Å². The van der Waals surface area contributed by atoms with Crippen LogP contribution in [0, 0.1) is 0 Å². The average Bonchev–Trinajstić information content (AvgIpc) is 2.38. The maximum atomic E-state index is 12.4. The fraction of sp³-hybridized carbons (Fsp3) is 0.0909. The van der Waals surface area contributed by atoms with Crippen molar-refractivity contribution < 1.29 is 18.0 Å². The fourth-order valence-corrected chi connectivity index (χ4v) is 2.27. The van der Waals surface area contributed by atoms with Crippen molar-refractivity contribution in [1.29, 1.82) is 0 Å². The van der Waals surface area contributed by atoms with Gasteiger partial charge in [-0.05, 0) is 23.9 Å². The molecule has 0 N–H and O–H groups in total. The molecule has 2 aromatic rings. The Hall–Kier alpha value is -1.67. The highest BCUT2D eigenvalue weighted by Crippen LogP contribution is 2.32. The van der Waals surface area contributed by atoms with Crippen molar-refractivity contribution in [3.8, 4) is 0 Å². The number of rotatable bonds is 3. The lowest BCUT2D eigenvalue weighted by atomic mass is 10.3. The van der Waals surface area contributed by atoms with Gasteiger partial charge in [0.2, 0.25) is 0 Å². The van der Waals surface area contributed by atoms with Gasteiger partial charge in [0.25, 0.3) is 0 Å². The van der Waals surface area contributed by atoms with Crippen molar-refractivity contribution in [3.05, 3.63) is 40.9 Å². The van der Waals surface area contributed by atoms with Gasteiger partial charge in [0, 0.05) is 6.20 Å². The number of halogens is 4. The predicted octanol–water partition coefficient (Wildman–Crippen LogP) is 3.51.